The van der Waals surface area contributed by atoms with Crippen molar-refractivity contribution in [1.29, 1.82) is 0 Å². The number of carbonyl (C=O) groups is 2. The fourth-order valence-electron chi connectivity index (χ4n) is 2.02. The second-order valence-corrected chi connectivity index (χ2v) is 6.41. The molecule has 0 heterocycles. The van der Waals surface area contributed by atoms with Crippen LogP contribution in [0.15, 0.2) is 41.3 Å². The molecule has 3 N–H and O–H groups in total. The molecule has 0 saturated carbocycles. The van der Waals surface area contributed by atoms with E-state index in [1.54, 1.807) is 12.1 Å². The van der Waals surface area contributed by atoms with E-state index in [0.29, 0.717) is 16.5 Å². The molecule has 0 aromatic heterocycles. The molecule has 2 rings (SSSR count). The van der Waals surface area contributed by atoms with Crippen molar-refractivity contribution in [3.05, 3.63) is 57.1 Å². The van der Waals surface area contributed by atoms with Gasteiger partial charge in [0, 0.05) is 17.3 Å². The average Bonchev–Trinajstić information content (AvgIpc) is 2.59. The number of thioether (sulfide) groups is 1. The van der Waals surface area contributed by atoms with Crippen LogP contribution >= 0.6 is 23.4 Å². The van der Waals surface area contributed by atoms with E-state index in [1.165, 1.54) is 25.3 Å². The third-order valence-electron chi connectivity index (χ3n) is 3.23. The van der Waals surface area contributed by atoms with Crippen molar-refractivity contribution in [2.45, 2.75) is 4.90 Å². The first-order chi connectivity index (χ1) is 12.3. The Balaban J connectivity index is 2.06. The minimum Gasteiger partial charge on any atom is -0.495 e. The van der Waals surface area contributed by atoms with Crippen LogP contribution in [0.5, 0.6) is 5.75 Å². The number of nitro benzene ring substituents is 1. The number of nitro groups is 1. The molecule has 8 nitrogen and oxygen atoms in total. The van der Waals surface area contributed by atoms with Crippen LogP contribution in [-0.4, -0.2) is 29.6 Å². The Bertz CT molecular complexity index is 875. The van der Waals surface area contributed by atoms with Gasteiger partial charge in [-0.1, -0.05) is 11.6 Å². The van der Waals surface area contributed by atoms with Crippen LogP contribution in [0.1, 0.15) is 10.4 Å². The highest BCUT2D eigenvalue weighted by atomic mass is 35.5. The minimum atomic E-state index is -0.765. The van der Waals surface area contributed by atoms with E-state index in [2.05, 4.69) is 5.32 Å². The molecule has 0 aliphatic carbocycles. The van der Waals surface area contributed by atoms with Crippen LogP contribution < -0.4 is 15.8 Å². The first kappa shape index (κ1) is 19.5. The zero-order valence-corrected chi connectivity index (χ0v) is 15.1. The van der Waals surface area contributed by atoms with Gasteiger partial charge < -0.3 is 15.8 Å². The van der Waals surface area contributed by atoms with Gasteiger partial charge in [0.2, 0.25) is 11.8 Å². The number of hydrogen-bond acceptors (Lipinski definition) is 6. The number of benzene rings is 2. The van der Waals surface area contributed by atoms with Crippen LogP contribution in [0.3, 0.4) is 0 Å². The summed E-state index contributed by atoms with van der Waals surface area (Å²) >= 11 is 6.96. The van der Waals surface area contributed by atoms with E-state index >= 15 is 0 Å². The summed E-state index contributed by atoms with van der Waals surface area (Å²) in [5.41, 5.74) is 5.33. The lowest BCUT2D eigenvalue weighted by Gasteiger charge is -2.08. The van der Waals surface area contributed by atoms with Crippen molar-refractivity contribution in [1.82, 2.24) is 0 Å². The first-order valence-electron chi connectivity index (χ1n) is 7.16. The van der Waals surface area contributed by atoms with Crippen LogP contribution in [0.25, 0.3) is 0 Å². The number of methoxy groups -OCH3 is 1. The van der Waals surface area contributed by atoms with E-state index < -0.39 is 10.8 Å². The van der Waals surface area contributed by atoms with Gasteiger partial charge in [-0.3, -0.25) is 19.7 Å². The maximum Gasteiger partial charge on any atom is 0.283 e. The Labute approximate surface area is 157 Å². The number of nitrogens with zero attached hydrogens (tertiary/aromatic N) is 1. The summed E-state index contributed by atoms with van der Waals surface area (Å²) in [6.45, 7) is 0. The molecule has 0 fully saturated rings. The molecule has 0 spiro atoms. The van der Waals surface area contributed by atoms with Crippen molar-refractivity contribution < 1.29 is 19.2 Å². The second kappa shape index (κ2) is 8.54. The Hall–Kier alpha value is -2.78. The van der Waals surface area contributed by atoms with Crippen LogP contribution in [0, 0.1) is 10.1 Å². The van der Waals surface area contributed by atoms with Crippen molar-refractivity contribution >= 4 is 46.6 Å². The molecule has 0 aliphatic rings. The standard InChI is InChI=1S/C16H14ClN3O5S/c1-25-13-4-3-10(7-11(13)17)19-15(21)8-26-14-5-2-9(16(18)22)6-12(14)20(23)24/h2-7H,8H2,1H3,(H2,18,22)(H,19,21). The lowest BCUT2D eigenvalue weighted by Crippen LogP contribution is -2.14. The van der Waals surface area contributed by atoms with Gasteiger partial charge in [-0.15, -0.1) is 11.8 Å². The molecule has 2 aromatic carbocycles. The monoisotopic (exact) mass is 395 g/mol. The predicted octanol–water partition coefficient (Wildman–Crippen LogP) is 3.09. The van der Waals surface area contributed by atoms with E-state index in [1.807, 2.05) is 0 Å². The summed E-state index contributed by atoms with van der Waals surface area (Å²) < 4.78 is 5.03. The summed E-state index contributed by atoms with van der Waals surface area (Å²) in [5.74, 6) is -0.729. The molecule has 0 radical (unpaired) electrons. The van der Waals surface area contributed by atoms with Gasteiger partial charge in [0.25, 0.3) is 5.69 Å². The molecule has 2 amide bonds. The van der Waals surface area contributed by atoms with E-state index in [0.717, 1.165) is 17.8 Å². The molecule has 0 atom stereocenters. The van der Waals surface area contributed by atoms with Crippen molar-refractivity contribution in [2.75, 3.05) is 18.2 Å². The summed E-state index contributed by atoms with van der Waals surface area (Å²) in [7, 11) is 1.48. The van der Waals surface area contributed by atoms with E-state index in [4.69, 9.17) is 22.1 Å². The number of halogens is 1. The lowest BCUT2D eigenvalue weighted by atomic mass is 10.2. The molecule has 10 heteroatoms. The second-order valence-electron chi connectivity index (χ2n) is 4.99. The fraction of sp³-hybridized carbons (Fsp3) is 0.125. The Morgan fingerprint density at radius 3 is 2.62 bits per heavy atom. The van der Waals surface area contributed by atoms with Gasteiger partial charge in [-0.25, -0.2) is 0 Å². The zero-order chi connectivity index (χ0) is 19.3. The molecule has 26 heavy (non-hydrogen) atoms. The molecule has 0 aliphatic heterocycles. The SMILES string of the molecule is COc1ccc(NC(=O)CSc2ccc(C(N)=O)cc2[N+](=O)[O-])cc1Cl. The van der Waals surface area contributed by atoms with Gasteiger partial charge in [-0.05, 0) is 30.3 Å². The maximum atomic E-state index is 12.1. The summed E-state index contributed by atoms with van der Waals surface area (Å²) in [6.07, 6.45) is 0. The van der Waals surface area contributed by atoms with Crippen molar-refractivity contribution in [3.63, 3.8) is 0 Å². The highest BCUT2D eigenvalue weighted by molar-refractivity contribution is 8.00. The smallest absolute Gasteiger partial charge is 0.283 e. The minimum absolute atomic E-state index is 0.0263. The van der Waals surface area contributed by atoms with Crippen molar-refractivity contribution in [3.8, 4) is 5.75 Å². The van der Waals surface area contributed by atoms with Crippen LogP contribution in [0.4, 0.5) is 11.4 Å². The van der Waals surface area contributed by atoms with Gasteiger partial charge in [0.15, 0.2) is 0 Å². The average molecular weight is 396 g/mol. The molecule has 2 aromatic rings. The quantitative estimate of drug-likeness (QED) is 0.421. The number of primary amides is 1. The number of hydrogen-bond donors (Lipinski definition) is 2. The number of nitrogens with one attached hydrogen (secondary N) is 1. The molecular weight excluding hydrogens is 382 g/mol. The molecule has 0 bridgehead atoms. The lowest BCUT2D eigenvalue weighted by molar-refractivity contribution is -0.387. The number of ether oxygens (including phenoxy) is 1. The number of anilines is 1. The number of nitrogens with two attached hydrogens (primary N) is 1. The first-order valence-corrected chi connectivity index (χ1v) is 8.52. The summed E-state index contributed by atoms with van der Waals surface area (Å²) in [4.78, 5) is 34.0. The Kier molecular flexibility index (Phi) is 6.42. The van der Waals surface area contributed by atoms with Crippen molar-refractivity contribution in [2.24, 2.45) is 5.73 Å². The molecule has 0 unspecified atom stereocenters. The van der Waals surface area contributed by atoms with Gasteiger partial charge in [-0.2, -0.15) is 0 Å². The maximum absolute atomic E-state index is 12.1. The van der Waals surface area contributed by atoms with Gasteiger partial charge in [0.05, 0.1) is 27.7 Å². The van der Waals surface area contributed by atoms with Crippen LogP contribution in [-0.2, 0) is 4.79 Å². The Morgan fingerprint density at radius 1 is 1.31 bits per heavy atom. The topological polar surface area (TPSA) is 125 Å². The summed E-state index contributed by atoms with van der Waals surface area (Å²) in [5, 5.41) is 14.1. The zero-order valence-electron chi connectivity index (χ0n) is 13.5. The molecule has 136 valence electrons. The highest BCUT2D eigenvalue weighted by Gasteiger charge is 2.18. The number of rotatable bonds is 7. The predicted molar refractivity (Wildman–Crippen MR) is 99.0 cm³/mol. The van der Waals surface area contributed by atoms with Crippen LogP contribution in [0.2, 0.25) is 5.02 Å². The van der Waals surface area contributed by atoms with E-state index in [-0.39, 0.29) is 27.8 Å². The molecular formula is C16H14ClN3O5S. The highest BCUT2D eigenvalue weighted by Crippen LogP contribution is 2.31. The Morgan fingerprint density at radius 2 is 2.04 bits per heavy atom. The third kappa shape index (κ3) is 4.87. The largest absolute Gasteiger partial charge is 0.495 e. The van der Waals surface area contributed by atoms with Gasteiger partial charge in [0.1, 0.15) is 5.75 Å². The third-order valence-corrected chi connectivity index (χ3v) is 4.59. The normalized spacial score (nSPS) is 10.2. The summed E-state index contributed by atoms with van der Waals surface area (Å²) in [6, 6.07) is 8.62. The molecule has 0 saturated heterocycles. The number of amides is 2. The fourth-order valence-corrected chi connectivity index (χ4v) is 3.08. The number of carbonyl (C=O) groups excluding carboxylic acids is 2. The van der Waals surface area contributed by atoms with E-state index in [9.17, 15) is 19.7 Å². The van der Waals surface area contributed by atoms with Gasteiger partial charge >= 0.3 is 0 Å².